The summed E-state index contributed by atoms with van der Waals surface area (Å²) in [6.07, 6.45) is 1.28. The van der Waals surface area contributed by atoms with Crippen molar-refractivity contribution in [1.82, 2.24) is 9.29 Å². The lowest BCUT2D eigenvalue weighted by Crippen LogP contribution is -2.40. The molecule has 10 heteroatoms. The van der Waals surface area contributed by atoms with Crippen LogP contribution >= 0.6 is 0 Å². The summed E-state index contributed by atoms with van der Waals surface area (Å²) < 4.78 is 33.4. The zero-order valence-corrected chi connectivity index (χ0v) is 18.7. The topological polar surface area (TPSA) is 139 Å². The number of primary amides is 1. The maximum Gasteiger partial charge on any atom is 0.320 e. The van der Waals surface area contributed by atoms with Crippen LogP contribution in [0.4, 0.5) is 10.8 Å². The van der Waals surface area contributed by atoms with E-state index in [1.807, 2.05) is 44.2 Å². The van der Waals surface area contributed by atoms with E-state index in [0.717, 1.165) is 5.56 Å². The molecular weight excluding hydrogens is 432 g/mol. The van der Waals surface area contributed by atoms with Crippen molar-refractivity contribution in [3.05, 3.63) is 60.5 Å². The number of aliphatic hydroxyl groups is 1. The molecule has 32 heavy (non-hydrogen) atoms. The number of hydrogen-bond acceptors (Lipinski definition) is 6. The Morgan fingerprint density at radius 3 is 2.59 bits per heavy atom. The highest BCUT2D eigenvalue weighted by molar-refractivity contribution is 7.89. The Balaban J connectivity index is 1.79. The largest absolute Gasteiger partial charge is 0.423 e. The number of carbonyl (C=O) groups excluding carboxylic acids is 1. The third kappa shape index (κ3) is 6.06. The van der Waals surface area contributed by atoms with Gasteiger partial charge in [-0.3, -0.25) is 5.32 Å². The van der Waals surface area contributed by atoms with E-state index >= 15 is 0 Å². The molecule has 1 atom stereocenters. The second-order valence-electron chi connectivity index (χ2n) is 7.85. The van der Waals surface area contributed by atoms with E-state index in [4.69, 9.17) is 10.2 Å². The van der Waals surface area contributed by atoms with Gasteiger partial charge in [-0.2, -0.15) is 9.29 Å². The predicted molar refractivity (Wildman–Crippen MR) is 121 cm³/mol. The number of nitrogens with two attached hydrogens (primary N) is 1. The Morgan fingerprint density at radius 1 is 1.22 bits per heavy atom. The first kappa shape index (κ1) is 23.7. The maximum atomic E-state index is 13.4. The third-order valence-corrected chi connectivity index (χ3v) is 6.48. The molecule has 2 aromatic carbocycles. The van der Waals surface area contributed by atoms with Crippen LogP contribution in [-0.2, 0) is 16.4 Å². The van der Waals surface area contributed by atoms with Gasteiger partial charge in [0.25, 0.3) is 0 Å². The van der Waals surface area contributed by atoms with Crippen LogP contribution < -0.4 is 11.1 Å². The van der Waals surface area contributed by atoms with Gasteiger partial charge in [-0.15, -0.1) is 0 Å². The number of hydrogen-bond donors (Lipinski definition) is 3. The first-order chi connectivity index (χ1) is 15.1. The number of anilines is 1. The molecule has 3 aromatic rings. The molecule has 0 saturated carbocycles. The molecule has 1 unspecified atom stereocenters. The van der Waals surface area contributed by atoms with Gasteiger partial charge in [-0.05, 0) is 36.5 Å². The van der Waals surface area contributed by atoms with E-state index in [1.54, 1.807) is 6.42 Å². The van der Waals surface area contributed by atoms with Crippen LogP contribution in [0.25, 0.3) is 11.1 Å². The SMILES string of the molecule is CC(C)CN(CC(O)[CH]Cc1ccccc1)S(=O)(=O)c1ccc2nc(NC(N)=O)oc2c1. The Labute approximate surface area is 187 Å². The number of fused-ring (bicyclic) bond motifs is 1. The molecule has 0 fully saturated rings. The van der Waals surface area contributed by atoms with Gasteiger partial charge in [-0.1, -0.05) is 44.2 Å². The number of aromatic nitrogens is 1. The molecule has 4 N–H and O–H groups in total. The smallest absolute Gasteiger partial charge is 0.320 e. The van der Waals surface area contributed by atoms with Crippen molar-refractivity contribution in [2.75, 3.05) is 18.4 Å². The van der Waals surface area contributed by atoms with E-state index in [2.05, 4.69) is 10.3 Å². The Hall–Kier alpha value is -2.95. The van der Waals surface area contributed by atoms with E-state index < -0.39 is 22.2 Å². The first-order valence-electron chi connectivity index (χ1n) is 10.2. The van der Waals surface area contributed by atoms with Gasteiger partial charge in [0.15, 0.2) is 5.58 Å². The summed E-state index contributed by atoms with van der Waals surface area (Å²) in [5, 5.41) is 12.7. The molecule has 0 bridgehead atoms. The Morgan fingerprint density at radius 2 is 1.94 bits per heavy atom. The lowest BCUT2D eigenvalue weighted by atomic mass is 10.1. The standard InChI is InChI=1S/C22H27N4O5S/c1-15(2)13-26(14-17(27)9-8-16-6-4-3-5-7-16)32(29,30)18-10-11-19-20(12-18)31-22(24-19)25-21(23)28/h3-7,9-12,15,17,27H,8,13-14H2,1-2H3,(H3,23,24,25,28). The van der Waals surface area contributed by atoms with E-state index in [1.165, 1.54) is 22.5 Å². The van der Waals surface area contributed by atoms with Crippen molar-refractivity contribution in [1.29, 1.82) is 0 Å². The van der Waals surface area contributed by atoms with Gasteiger partial charge < -0.3 is 15.3 Å². The predicted octanol–water partition coefficient (Wildman–Crippen LogP) is 2.77. The average molecular weight is 460 g/mol. The molecule has 0 aliphatic rings. The highest BCUT2D eigenvalue weighted by atomic mass is 32.2. The van der Waals surface area contributed by atoms with Gasteiger partial charge >= 0.3 is 12.0 Å². The molecular formula is C22H27N4O5S. The summed E-state index contributed by atoms with van der Waals surface area (Å²) in [6.45, 7) is 3.98. The van der Waals surface area contributed by atoms with E-state index in [0.29, 0.717) is 11.9 Å². The summed E-state index contributed by atoms with van der Waals surface area (Å²) in [6, 6.07) is 12.9. The van der Waals surface area contributed by atoms with E-state index in [-0.39, 0.29) is 35.5 Å². The van der Waals surface area contributed by atoms with Crippen molar-refractivity contribution >= 4 is 33.2 Å². The molecule has 1 radical (unpaired) electrons. The van der Waals surface area contributed by atoms with Crippen LogP contribution in [0, 0.1) is 12.3 Å². The fourth-order valence-electron chi connectivity index (χ4n) is 3.22. The lowest BCUT2D eigenvalue weighted by molar-refractivity contribution is 0.167. The quantitative estimate of drug-likeness (QED) is 0.426. The van der Waals surface area contributed by atoms with Crippen molar-refractivity contribution in [3.63, 3.8) is 0 Å². The van der Waals surface area contributed by atoms with Crippen LogP contribution in [-0.4, -0.2) is 48.0 Å². The third-order valence-electron chi connectivity index (χ3n) is 4.66. The molecule has 3 rings (SSSR count). The molecule has 1 aromatic heterocycles. The molecule has 0 spiro atoms. The fraction of sp³-hybridized carbons (Fsp3) is 0.318. The Bertz CT molecular complexity index is 1160. The Kier molecular flexibility index (Phi) is 7.49. The number of sulfonamides is 1. The van der Waals surface area contributed by atoms with Crippen molar-refractivity contribution in [2.24, 2.45) is 11.7 Å². The molecule has 0 saturated heterocycles. The molecule has 1 heterocycles. The highest BCUT2D eigenvalue weighted by Crippen LogP contribution is 2.25. The van der Waals surface area contributed by atoms with Crippen LogP contribution in [0.1, 0.15) is 19.4 Å². The summed E-state index contributed by atoms with van der Waals surface area (Å²) in [4.78, 5) is 15.0. The van der Waals surface area contributed by atoms with Gasteiger partial charge in [-0.25, -0.2) is 13.2 Å². The van der Waals surface area contributed by atoms with Gasteiger partial charge in [0, 0.05) is 19.2 Å². The second kappa shape index (κ2) is 10.1. The van der Waals surface area contributed by atoms with Crippen molar-refractivity contribution in [3.8, 4) is 0 Å². The number of aliphatic hydroxyl groups excluding tert-OH is 1. The minimum Gasteiger partial charge on any atom is -0.423 e. The average Bonchev–Trinajstić information content (AvgIpc) is 3.13. The van der Waals surface area contributed by atoms with Crippen LogP contribution in [0.3, 0.4) is 0 Å². The van der Waals surface area contributed by atoms with Gasteiger partial charge in [0.2, 0.25) is 10.0 Å². The summed E-state index contributed by atoms with van der Waals surface area (Å²) in [5.74, 6) is 0.0477. The van der Waals surface area contributed by atoms with Crippen molar-refractivity contribution in [2.45, 2.75) is 31.3 Å². The van der Waals surface area contributed by atoms with Crippen LogP contribution in [0.5, 0.6) is 0 Å². The van der Waals surface area contributed by atoms with Crippen LogP contribution in [0.2, 0.25) is 0 Å². The zero-order valence-electron chi connectivity index (χ0n) is 17.9. The molecule has 0 aliphatic carbocycles. The number of benzene rings is 2. The number of nitrogens with one attached hydrogen (secondary N) is 1. The van der Waals surface area contributed by atoms with Crippen LogP contribution in [0.15, 0.2) is 57.8 Å². The second-order valence-corrected chi connectivity index (χ2v) is 9.78. The number of oxazole rings is 1. The van der Waals surface area contributed by atoms with E-state index in [9.17, 15) is 18.3 Å². The number of amides is 2. The fourth-order valence-corrected chi connectivity index (χ4v) is 4.86. The number of rotatable bonds is 10. The minimum absolute atomic E-state index is 0.00249. The summed E-state index contributed by atoms with van der Waals surface area (Å²) >= 11 is 0. The number of urea groups is 1. The van der Waals surface area contributed by atoms with Gasteiger partial charge in [0.1, 0.15) is 5.52 Å². The number of nitrogens with zero attached hydrogens (tertiary/aromatic N) is 2. The normalized spacial score (nSPS) is 13.0. The first-order valence-corrected chi connectivity index (χ1v) is 11.6. The summed E-state index contributed by atoms with van der Waals surface area (Å²) in [5.41, 5.74) is 6.65. The molecule has 9 nitrogen and oxygen atoms in total. The lowest BCUT2D eigenvalue weighted by Gasteiger charge is -2.26. The zero-order chi connectivity index (χ0) is 23.3. The van der Waals surface area contributed by atoms with Gasteiger partial charge in [0.05, 0.1) is 11.0 Å². The highest BCUT2D eigenvalue weighted by Gasteiger charge is 2.28. The number of carbonyl (C=O) groups is 1. The maximum absolute atomic E-state index is 13.4. The minimum atomic E-state index is -3.93. The molecule has 0 aliphatic heterocycles. The van der Waals surface area contributed by atoms with Crippen molar-refractivity contribution < 1.29 is 22.7 Å². The molecule has 2 amide bonds. The monoisotopic (exact) mass is 459 g/mol. The molecule has 171 valence electrons. The summed E-state index contributed by atoms with van der Waals surface area (Å²) in [7, 11) is -3.93.